The highest BCUT2D eigenvalue weighted by atomic mass is 16.5. The average molecular weight is 474 g/mol. The van der Waals surface area contributed by atoms with Crippen LogP contribution >= 0.6 is 0 Å². The Morgan fingerprint density at radius 3 is 2.31 bits per heavy atom. The Labute approximate surface area is 203 Å². The minimum Gasteiger partial charge on any atom is -0.503 e. The Kier molecular flexibility index (Phi) is 6.11. The van der Waals surface area contributed by atoms with E-state index in [1.54, 1.807) is 67.5 Å². The van der Waals surface area contributed by atoms with E-state index < -0.39 is 17.7 Å². The maximum atomic E-state index is 13.6. The lowest BCUT2D eigenvalue weighted by atomic mass is 9.79. The summed E-state index contributed by atoms with van der Waals surface area (Å²) in [5.74, 6) is 0.192. The van der Waals surface area contributed by atoms with Crippen molar-refractivity contribution in [3.8, 4) is 17.2 Å². The van der Waals surface area contributed by atoms with Crippen LogP contribution in [0.4, 0.5) is 5.69 Å². The molecule has 0 saturated heterocycles. The number of ketones is 1. The van der Waals surface area contributed by atoms with Crippen LogP contribution in [0.15, 0.2) is 64.3 Å². The fraction of sp³-hybridized carbons (Fsp3) is 0.333. The monoisotopic (exact) mass is 473 g/mol. The van der Waals surface area contributed by atoms with Gasteiger partial charge in [0.15, 0.2) is 11.5 Å². The van der Waals surface area contributed by atoms with Gasteiger partial charge in [0.05, 0.1) is 18.7 Å². The molecule has 3 aromatic rings. The van der Waals surface area contributed by atoms with Gasteiger partial charge in [0.2, 0.25) is 11.8 Å². The average Bonchev–Trinajstić information content (AvgIpc) is 3.45. The van der Waals surface area contributed by atoms with Gasteiger partial charge in [0.1, 0.15) is 5.75 Å². The van der Waals surface area contributed by atoms with Crippen LogP contribution in [0.25, 0.3) is 11.5 Å². The molecule has 1 aromatic heterocycles. The summed E-state index contributed by atoms with van der Waals surface area (Å²) in [5.41, 5.74) is 1.91. The molecule has 2 heterocycles. The number of methoxy groups -OCH3 is 1. The third-order valence-electron chi connectivity index (χ3n) is 6.86. The second-order valence-electron chi connectivity index (χ2n) is 9.01. The molecule has 0 radical (unpaired) electrons. The van der Waals surface area contributed by atoms with E-state index >= 15 is 0 Å². The molecule has 1 aliphatic carbocycles. The molecule has 0 bridgehead atoms. The number of ether oxygens (including phenoxy) is 1. The smallest absolute Gasteiger partial charge is 0.294 e. The number of amides is 1. The molecule has 1 amide bonds. The van der Waals surface area contributed by atoms with E-state index in [0.717, 1.165) is 37.7 Å². The Morgan fingerprint density at radius 1 is 1.03 bits per heavy atom. The summed E-state index contributed by atoms with van der Waals surface area (Å²) in [6.45, 7) is 1.72. The maximum absolute atomic E-state index is 13.6. The first-order valence-electron chi connectivity index (χ1n) is 11.8. The first-order valence-corrected chi connectivity index (χ1v) is 11.8. The zero-order valence-corrected chi connectivity index (χ0v) is 19.7. The Hall–Kier alpha value is -3.94. The number of carbonyl (C=O) groups is 2. The number of nitrogens with zero attached hydrogens (tertiary/aromatic N) is 3. The molecule has 1 atom stereocenters. The summed E-state index contributed by atoms with van der Waals surface area (Å²) >= 11 is 0. The number of rotatable bonds is 6. The van der Waals surface area contributed by atoms with Gasteiger partial charge in [0.25, 0.3) is 5.91 Å². The van der Waals surface area contributed by atoms with Gasteiger partial charge in [-0.05, 0) is 67.3 Å². The third kappa shape index (κ3) is 4.20. The van der Waals surface area contributed by atoms with Crippen LogP contribution in [-0.2, 0) is 4.79 Å². The van der Waals surface area contributed by atoms with Crippen molar-refractivity contribution in [2.75, 3.05) is 12.0 Å². The summed E-state index contributed by atoms with van der Waals surface area (Å²) in [6, 6.07) is 13.4. The summed E-state index contributed by atoms with van der Waals surface area (Å²) in [4.78, 5) is 28.6. The van der Waals surface area contributed by atoms with Crippen LogP contribution < -0.4 is 9.64 Å². The Bertz CT molecular complexity index is 1270. The summed E-state index contributed by atoms with van der Waals surface area (Å²) in [7, 11) is 1.56. The number of aromatic nitrogens is 2. The Morgan fingerprint density at radius 2 is 1.71 bits per heavy atom. The molecule has 2 aromatic carbocycles. The van der Waals surface area contributed by atoms with Gasteiger partial charge in [-0.15, -0.1) is 10.2 Å². The first-order chi connectivity index (χ1) is 17.0. The minimum absolute atomic E-state index is 0.0767. The topological polar surface area (TPSA) is 106 Å². The predicted molar refractivity (Wildman–Crippen MR) is 129 cm³/mol. The second kappa shape index (κ2) is 9.37. The molecule has 5 rings (SSSR count). The van der Waals surface area contributed by atoms with Crippen molar-refractivity contribution in [1.82, 2.24) is 10.2 Å². The fourth-order valence-electron chi connectivity index (χ4n) is 5.12. The molecule has 1 aliphatic heterocycles. The summed E-state index contributed by atoms with van der Waals surface area (Å²) in [5, 5.41) is 18.9. The van der Waals surface area contributed by atoms with Gasteiger partial charge < -0.3 is 14.3 Å². The number of aliphatic hydroxyl groups is 1. The Balaban J connectivity index is 1.52. The van der Waals surface area contributed by atoms with Crippen molar-refractivity contribution >= 4 is 17.4 Å². The number of aliphatic hydroxyl groups excluding tert-OH is 1. The van der Waals surface area contributed by atoms with Crippen LogP contribution in [0.2, 0.25) is 0 Å². The number of benzene rings is 2. The SMILES string of the molecule is COc1ccc(C(=O)C2=C(O)C(=O)N(c3ccc(-c4nnc(C)o4)cc3)C2C2CCCCC2)cc1. The van der Waals surface area contributed by atoms with Crippen molar-refractivity contribution in [3.63, 3.8) is 0 Å². The predicted octanol–water partition coefficient (Wildman–Crippen LogP) is 5.04. The lowest BCUT2D eigenvalue weighted by Crippen LogP contribution is -2.42. The van der Waals surface area contributed by atoms with Crippen LogP contribution in [0.3, 0.4) is 0 Å². The molecule has 1 fully saturated rings. The quantitative estimate of drug-likeness (QED) is 0.500. The van der Waals surface area contributed by atoms with E-state index in [4.69, 9.17) is 9.15 Å². The molecular formula is C27H27N3O5. The lowest BCUT2D eigenvalue weighted by Gasteiger charge is -2.35. The zero-order valence-electron chi connectivity index (χ0n) is 19.7. The van der Waals surface area contributed by atoms with Crippen molar-refractivity contribution in [2.24, 2.45) is 5.92 Å². The molecule has 8 nitrogen and oxygen atoms in total. The van der Waals surface area contributed by atoms with Crippen molar-refractivity contribution in [2.45, 2.75) is 45.1 Å². The normalized spacial score (nSPS) is 18.9. The number of hydrogen-bond donors (Lipinski definition) is 1. The fourth-order valence-corrected chi connectivity index (χ4v) is 5.12. The van der Waals surface area contributed by atoms with E-state index in [0.29, 0.717) is 28.8 Å². The van der Waals surface area contributed by atoms with Crippen molar-refractivity contribution in [1.29, 1.82) is 0 Å². The van der Waals surface area contributed by atoms with E-state index in [-0.39, 0.29) is 17.3 Å². The van der Waals surface area contributed by atoms with E-state index in [9.17, 15) is 14.7 Å². The number of hydrogen-bond acceptors (Lipinski definition) is 7. The molecule has 1 unspecified atom stereocenters. The van der Waals surface area contributed by atoms with Crippen molar-refractivity contribution < 1.29 is 23.8 Å². The zero-order chi connectivity index (χ0) is 24.5. The van der Waals surface area contributed by atoms with Crippen molar-refractivity contribution in [3.05, 3.63) is 71.3 Å². The van der Waals surface area contributed by atoms with E-state index in [1.165, 1.54) is 0 Å². The summed E-state index contributed by atoms with van der Waals surface area (Å²) in [6.07, 6.45) is 4.97. The summed E-state index contributed by atoms with van der Waals surface area (Å²) < 4.78 is 10.7. The largest absolute Gasteiger partial charge is 0.503 e. The molecule has 1 saturated carbocycles. The standard InChI is InChI=1S/C27H27N3O5/c1-16-28-29-26(35-16)19-8-12-20(13-9-19)30-23(17-6-4-3-5-7-17)22(25(32)27(30)33)24(31)18-10-14-21(34-2)15-11-18/h8-15,17,23,32H,3-7H2,1-2H3. The minimum atomic E-state index is -0.557. The highest BCUT2D eigenvalue weighted by molar-refractivity contribution is 6.20. The van der Waals surface area contributed by atoms with Gasteiger partial charge in [-0.1, -0.05) is 19.3 Å². The molecule has 1 N–H and O–H groups in total. The second-order valence-corrected chi connectivity index (χ2v) is 9.01. The molecule has 180 valence electrons. The maximum Gasteiger partial charge on any atom is 0.294 e. The van der Waals surface area contributed by atoms with E-state index in [1.807, 2.05) is 0 Å². The van der Waals surface area contributed by atoms with Gasteiger partial charge in [0, 0.05) is 23.7 Å². The van der Waals surface area contributed by atoms with Crippen LogP contribution in [0.1, 0.15) is 48.4 Å². The molecule has 35 heavy (non-hydrogen) atoms. The van der Waals surface area contributed by atoms with Gasteiger partial charge in [-0.25, -0.2) is 0 Å². The van der Waals surface area contributed by atoms with Crippen LogP contribution in [-0.4, -0.2) is 40.1 Å². The highest BCUT2D eigenvalue weighted by Crippen LogP contribution is 2.41. The number of carbonyl (C=O) groups excluding carboxylic acids is 2. The van der Waals surface area contributed by atoms with Gasteiger partial charge in [-0.2, -0.15) is 0 Å². The lowest BCUT2D eigenvalue weighted by molar-refractivity contribution is -0.117. The number of aryl methyl sites for hydroxylation is 1. The van der Waals surface area contributed by atoms with Crippen LogP contribution in [0, 0.1) is 12.8 Å². The van der Waals surface area contributed by atoms with Crippen LogP contribution in [0.5, 0.6) is 5.75 Å². The van der Waals surface area contributed by atoms with E-state index in [2.05, 4.69) is 10.2 Å². The first kappa shape index (κ1) is 22.8. The van der Waals surface area contributed by atoms with Gasteiger partial charge in [-0.3, -0.25) is 14.5 Å². The third-order valence-corrected chi connectivity index (χ3v) is 6.86. The molecule has 0 spiro atoms. The molecule has 2 aliphatic rings. The van der Waals surface area contributed by atoms with Gasteiger partial charge >= 0.3 is 0 Å². The molecular weight excluding hydrogens is 446 g/mol. The molecule has 8 heteroatoms. The highest BCUT2D eigenvalue weighted by Gasteiger charge is 2.47. The number of anilines is 1. The number of Topliss-reactive ketones (excluding diaryl/α,β-unsaturated/α-hetero) is 1.